The number of hydrogen-bond donors (Lipinski definition) is 0. The molecule has 1 aromatic carbocycles. The summed E-state index contributed by atoms with van der Waals surface area (Å²) in [4.78, 5) is 14.3. The molecule has 6 heteroatoms. The van der Waals surface area contributed by atoms with Crippen LogP contribution >= 0.6 is 0 Å². The molecule has 0 saturated carbocycles. The van der Waals surface area contributed by atoms with Crippen LogP contribution in [0, 0.1) is 0 Å². The molecular formula is C18H25N3O3. The van der Waals surface area contributed by atoms with Crippen LogP contribution < -0.4 is 4.74 Å². The zero-order chi connectivity index (χ0) is 17.3. The number of carbonyl (C=O) groups excluding carboxylic acids is 1. The Morgan fingerprint density at radius 2 is 2.17 bits per heavy atom. The van der Waals surface area contributed by atoms with Crippen LogP contribution in [0.25, 0.3) is 10.9 Å². The standard InChI is InChI=1S/C18H25N3O3/c1-18(2,3)24-17(22)20-9-5-6-14(20)12-21-16-10-15(23-4)8-7-13(16)11-19-21/h7-8,10-11,14H,5-6,9,12H2,1-4H3/t14-/m1/s1. The second kappa shape index (κ2) is 6.34. The van der Waals surface area contributed by atoms with Gasteiger partial charge in [-0.05, 0) is 45.7 Å². The molecule has 1 fully saturated rings. The Labute approximate surface area is 142 Å². The molecule has 24 heavy (non-hydrogen) atoms. The van der Waals surface area contributed by atoms with Crippen LogP contribution in [0.5, 0.6) is 5.75 Å². The number of carbonyl (C=O) groups is 1. The van der Waals surface area contributed by atoms with Gasteiger partial charge in [0.2, 0.25) is 0 Å². The third kappa shape index (κ3) is 3.47. The predicted octanol–water partition coefficient (Wildman–Crippen LogP) is 3.44. The molecule has 2 aromatic rings. The van der Waals surface area contributed by atoms with Gasteiger partial charge in [-0.2, -0.15) is 5.10 Å². The number of ether oxygens (including phenoxy) is 2. The van der Waals surface area contributed by atoms with Gasteiger partial charge < -0.3 is 14.4 Å². The molecule has 0 N–H and O–H groups in total. The van der Waals surface area contributed by atoms with Crippen molar-refractivity contribution in [2.24, 2.45) is 0 Å². The van der Waals surface area contributed by atoms with Gasteiger partial charge in [0.1, 0.15) is 11.4 Å². The van der Waals surface area contributed by atoms with E-state index in [0.717, 1.165) is 36.0 Å². The number of nitrogens with zero attached hydrogens (tertiary/aromatic N) is 3. The van der Waals surface area contributed by atoms with Crippen molar-refractivity contribution >= 4 is 17.0 Å². The summed E-state index contributed by atoms with van der Waals surface area (Å²) < 4.78 is 12.8. The number of amides is 1. The summed E-state index contributed by atoms with van der Waals surface area (Å²) in [5, 5.41) is 5.55. The quantitative estimate of drug-likeness (QED) is 0.864. The van der Waals surface area contributed by atoms with E-state index in [4.69, 9.17) is 9.47 Å². The highest BCUT2D eigenvalue weighted by molar-refractivity contribution is 5.80. The van der Waals surface area contributed by atoms with Crippen LogP contribution in [0.15, 0.2) is 24.4 Å². The topological polar surface area (TPSA) is 56.6 Å². The molecule has 0 unspecified atom stereocenters. The molecule has 3 rings (SSSR count). The Morgan fingerprint density at radius 3 is 2.88 bits per heavy atom. The molecule has 2 heterocycles. The fourth-order valence-electron chi connectivity index (χ4n) is 3.11. The van der Waals surface area contributed by atoms with Crippen molar-refractivity contribution in [1.29, 1.82) is 0 Å². The lowest BCUT2D eigenvalue weighted by molar-refractivity contribution is 0.0212. The van der Waals surface area contributed by atoms with Gasteiger partial charge in [-0.3, -0.25) is 4.68 Å². The molecule has 130 valence electrons. The lowest BCUT2D eigenvalue weighted by Gasteiger charge is -2.28. The van der Waals surface area contributed by atoms with Gasteiger partial charge in [0.15, 0.2) is 0 Å². The molecule has 6 nitrogen and oxygen atoms in total. The van der Waals surface area contributed by atoms with Crippen LogP contribution in [0.4, 0.5) is 4.79 Å². The van der Waals surface area contributed by atoms with E-state index in [1.807, 2.05) is 54.7 Å². The summed E-state index contributed by atoms with van der Waals surface area (Å²) >= 11 is 0. The lowest BCUT2D eigenvalue weighted by Crippen LogP contribution is -2.41. The van der Waals surface area contributed by atoms with Crippen molar-refractivity contribution in [3.63, 3.8) is 0 Å². The van der Waals surface area contributed by atoms with E-state index in [2.05, 4.69) is 5.10 Å². The first-order valence-electron chi connectivity index (χ1n) is 8.36. The van der Waals surface area contributed by atoms with Crippen LogP contribution in [0.3, 0.4) is 0 Å². The zero-order valence-electron chi connectivity index (χ0n) is 14.8. The predicted molar refractivity (Wildman–Crippen MR) is 92.2 cm³/mol. The molecule has 1 aliphatic rings. The average molecular weight is 331 g/mol. The van der Waals surface area contributed by atoms with Gasteiger partial charge in [0, 0.05) is 18.0 Å². The van der Waals surface area contributed by atoms with Gasteiger partial charge in [-0.1, -0.05) is 0 Å². The number of fused-ring (bicyclic) bond motifs is 1. The van der Waals surface area contributed by atoms with Gasteiger partial charge in [0.25, 0.3) is 0 Å². The first-order valence-corrected chi connectivity index (χ1v) is 8.36. The van der Waals surface area contributed by atoms with Crippen molar-refractivity contribution < 1.29 is 14.3 Å². The Morgan fingerprint density at radius 1 is 1.38 bits per heavy atom. The average Bonchev–Trinajstić information content (AvgIpc) is 3.13. The highest BCUT2D eigenvalue weighted by Crippen LogP contribution is 2.25. The van der Waals surface area contributed by atoms with Gasteiger partial charge in [-0.15, -0.1) is 0 Å². The summed E-state index contributed by atoms with van der Waals surface area (Å²) in [5.41, 5.74) is 0.543. The van der Waals surface area contributed by atoms with Crippen molar-refractivity contribution in [1.82, 2.24) is 14.7 Å². The Kier molecular flexibility index (Phi) is 4.39. The van der Waals surface area contributed by atoms with Gasteiger partial charge >= 0.3 is 6.09 Å². The Hall–Kier alpha value is -2.24. The van der Waals surface area contributed by atoms with Crippen molar-refractivity contribution in [3.8, 4) is 5.75 Å². The van der Waals surface area contributed by atoms with E-state index in [1.54, 1.807) is 7.11 Å². The maximum atomic E-state index is 12.4. The Bertz CT molecular complexity index is 733. The van der Waals surface area contributed by atoms with E-state index >= 15 is 0 Å². The molecule has 1 aliphatic heterocycles. The molecule has 1 atom stereocenters. The maximum Gasteiger partial charge on any atom is 0.410 e. The number of methoxy groups -OCH3 is 1. The van der Waals surface area contributed by atoms with Crippen molar-refractivity contribution in [2.45, 2.75) is 51.8 Å². The molecular weight excluding hydrogens is 306 g/mol. The fourth-order valence-corrected chi connectivity index (χ4v) is 3.11. The van der Waals surface area contributed by atoms with Crippen LogP contribution in [-0.2, 0) is 11.3 Å². The monoisotopic (exact) mass is 331 g/mol. The second-order valence-electron chi connectivity index (χ2n) is 7.22. The molecule has 1 aromatic heterocycles. The first kappa shape index (κ1) is 16.6. The van der Waals surface area contributed by atoms with E-state index in [0.29, 0.717) is 6.54 Å². The van der Waals surface area contributed by atoms with Gasteiger partial charge in [0.05, 0.1) is 31.4 Å². The summed E-state index contributed by atoms with van der Waals surface area (Å²) in [6.45, 7) is 7.08. The minimum absolute atomic E-state index is 0.106. The number of hydrogen-bond acceptors (Lipinski definition) is 4. The minimum atomic E-state index is -0.476. The highest BCUT2D eigenvalue weighted by Gasteiger charge is 2.32. The van der Waals surface area contributed by atoms with E-state index in [1.165, 1.54) is 0 Å². The third-order valence-electron chi connectivity index (χ3n) is 4.24. The smallest absolute Gasteiger partial charge is 0.410 e. The summed E-state index contributed by atoms with van der Waals surface area (Å²) in [5.74, 6) is 0.805. The maximum absolute atomic E-state index is 12.4. The molecule has 1 saturated heterocycles. The molecule has 1 amide bonds. The molecule has 0 bridgehead atoms. The number of aromatic nitrogens is 2. The largest absolute Gasteiger partial charge is 0.497 e. The molecule has 0 radical (unpaired) electrons. The Balaban J connectivity index is 1.78. The molecule has 0 aliphatic carbocycles. The summed E-state index contributed by atoms with van der Waals surface area (Å²) in [6, 6.07) is 6.01. The van der Waals surface area contributed by atoms with Crippen LogP contribution in [0.1, 0.15) is 33.6 Å². The highest BCUT2D eigenvalue weighted by atomic mass is 16.6. The zero-order valence-corrected chi connectivity index (χ0v) is 14.8. The third-order valence-corrected chi connectivity index (χ3v) is 4.24. The lowest BCUT2D eigenvalue weighted by atomic mass is 10.2. The van der Waals surface area contributed by atoms with Crippen molar-refractivity contribution in [2.75, 3.05) is 13.7 Å². The van der Waals surface area contributed by atoms with Crippen LogP contribution in [0.2, 0.25) is 0 Å². The summed E-state index contributed by atoms with van der Waals surface area (Å²) in [7, 11) is 1.66. The van der Waals surface area contributed by atoms with Crippen LogP contribution in [-0.4, -0.2) is 46.1 Å². The number of benzene rings is 1. The summed E-state index contributed by atoms with van der Waals surface area (Å²) in [6.07, 6.45) is 3.57. The second-order valence-corrected chi connectivity index (χ2v) is 7.22. The minimum Gasteiger partial charge on any atom is -0.497 e. The number of rotatable bonds is 3. The number of likely N-dealkylation sites (tertiary alicyclic amines) is 1. The fraction of sp³-hybridized carbons (Fsp3) is 0.556. The van der Waals surface area contributed by atoms with Gasteiger partial charge in [-0.25, -0.2) is 4.79 Å². The molecule has 0 spiro atoms. The van der Waals surface area contributed by atoms with E-state index < -0.39 is 5.60 Å². The van der Waals surface area contributed by atoms with E-state index in [-0.39, 0.29) is 12.1 Å². The van der Waals surface area contributed by atoms with Crippen molar-refractivity contribution in [3.05, 3.63) is 24.4 Å². The first-order chi connectivity index (χ1) is 11.4. The SMILES string of the molecule is COc1ccc2cnn(C[C@H]3CCCN3C(=O)OC(C)(C)C)c2c1. The van der Waals surface area contributed by atoms with E-state index in [9.17, 15) is 4.79 Å². The normalized spacial score (nSPS) is 18.2.